The van der Waals surface area contributed by atoms with Gasteiger partial charge in [-0.25, -0.2) is 4.98 Å². The number of para-hydroxylation sites is 1. The first-order valence-corrected chi connectivity index (χ1v) is 18.0. The van der Waals surface area contributed by atoms with E-state index in [4.69, 9.17) is 18.2 Å². The molecule has 3 aromatic heterocycles. The van der Waals surface area contributed by atoms with E-state index in [0.29, 0.717) is 5.89 Å². The Morgan fingerprint density at radius 3 is 1.78 bits per heavy atom. The van der Waals surface area contributed by atoms with Crippen molar-refractivity contribution < 1.29 is 13.3 Å². The van der Waals surface area contributed by atoms with Crippen molar-refractivity contribution in [2.24, 2.45) is 0 Å². The third kappa shape index (κ3) is 4.98. The molecule has 11 rings (SSSR count). The minimum atomic E-state index is 0.595. The maximum absolute atomic E-state index is 6.35. The van der Waals surface area contributed by atoms with Crippen LogP contribution >= 0.6 is 0 Å². The molecule has 0 amide bonds. The van der Waals surface area contributed by atoms with E-state index in [9.17, 15) is 0 Å². The second-order valence-corrected chi connectivity index (χ2v) is 13.6. The Hall–Kier alpha value is -7.37. The first-order valence-electron chi connectivity index (χ1n) is 18.0. The van der Waals surface area contributed by atoms with Crippen LogP contribution in [0.3, 0.4) is 0 Å². The van der Waals surface area contributed by atoms with Crippen LogP contribution in [0.1, 0.15) is 0 Å². The zero-order valence-electron chi connectivity index (χ0n) is 28.9. The predicted octanol–water partition coefficient (Wildman–Crippen LogP) is 14.1. The highest BCUT2D eigenvalue weighted by molar-refractivity contribution is 6.17. The summed E-state index contributed by atoms with van der Waals surface area (Å²) < 4.78 is 18.9. The molecule has 0 aliphatic rings. The van der Waals surface area contributed by atoms with Crippen LogP contribution in [0.2, 0.25) is 0 Å². The molecule has 0 fully saturated rings. The normalized spacial score (nSPS) is 11.7. The van der Waals surface area contributed by atoms with E-state index in [2.05, 4.69) is 120 Å². The second-order valence-electron chi connectivity index (χ2n) is 13.6. The number of aromatic nitrogens is 1. The highest BCUT2D eigenvalue weighted by atomic mass is 16.4. The van der Waals surface area contributed by atoms with Gasteiger partial charge >= 0.3 is 0 Å². The fourth-order valence-corrected chi connectivity index (χ4v) is 7.70. The highest BCUT2D eigenvalue weighted by Gasteiger charge is 2.19. The van der Waals surface area contributed by atoms with E-state index in [0.717, 1.165) is 94.3 Å². The van der Waals surface area contributed by atoms with Crippen molar-refractivity contribution in [2.45, 2.75) is 0 Å². The van der Waals surface area contributed by atoms with Crippen molar-refractivity contribution in [3.63, 3.8) is 0 Å². The van der Waals surface area contributed by atoms with E-state index in [1.807, 2.05) is 66.7 Å². The lowest BCUT2D eigenvalue weighted by molar-refractivity contribution is 0.619. The van der Waals surface area contributed by atoms with Crippen LogP contribution in [-0.4, -0.2) is 4.98 Å². The van der Waals surface area contributed by atoms with E-state index in [1.54, 1.807) is 0 Å². The van der Waals surface area contributed by atoms with Crippen LogP contribution in [-0.2, 0) is 0 Å². The van der Waals surface area contributed by atoms with Crippen LogP contribution in [0.15, 0.2) is 195 Å². The summed E-state index contributed by atoms with van der Waals surface area (Å²) in [4.78, 5) is 7.24. The van der Waals surface area contributed by atoms with E-state index in [-0.39, 0.29) is 0 Å². The van der Waals surface area contributed by atoms with Gasteiger partial charge in [0.2, 0.25) is 5.89 Å². The quantitative estimate of drug-likeness (QED) is 0.173. The Morgan fingerprint density at radius 1 is 0.333 bits per heavy atom. The van der Waals surface area contributed by atoms with Crippen molar-refractivity contribution in [3.8, 4) is 33.7 Å². The largest absolute Gasteiger partial charge is 0.456 e. The number of rotatable bonds is 6. The fourth-order valence-electron chi connectivity index (χ4n) is 7.70. The second kappa shape index (κ2) is 12.1. The molecule has 0 aliphatic carbocycles. The molecule has 5 nitrogen and oxygen atoms in total. The molecule has 0 N–H and O–H groups in total. The number of hydrogen-bond acceptors (Lipinski definition) is 5. The monoisotopic (exact) mass is 694 g/mol. The van der Waals surface area contributed by atoms with Gasteiger partial charge < -0.3 is 18.2 Å². The number of fused-ring (bicyclic) bond motifs is 8. The molecule has 8 aromatic carbocycles. The van der Waals surface area contributed by atoms with Crippen LogP contribution in [0.5, 0.6) is 0 Å². The van der Waals surface area contributed by atoms with Gasteiger partial charge in [-0.3, -0.25) is 0 Å². The first kappa shape index (κ1) is 30.3. The van der Waals surface area contributed by atoms with Gasteiger partial charge in [-0.15, -0.1) is 0 Å². The number of oxazole rings is 1. The van der Waals surface area contributed by atoms with Crippen LogP contribution in [0.25, 0.3) is 88.7 Å². The third-order valence-electron chi connectivity index (χ3n) is 10.3. The zero-order chi connectivity index (χ0) is 35.6. The summed E-state index contributed by atoms with van der Waals surface area (Å²) in [6.45, 7) is 0. The average molecular weight is 695 g/mol. The molecular weight excluding hydrogens is 665 g/mol. The van der Waals surface area contributed by atoms with Gasteiger partial charge in [0.25, 0.3) is 0 Å². The van der Waals surface area contributed by atoms with Crippen molar-refractivity contribution >= 4 is 72.0 Å². The summed E-state index contributed by atoms with van der Waals surface area (Å²) in [5, 5.41) is 4.18. The highest BCUT2D eigenvalue weighted by Crippen LogP contribution is 2.42. The lowest BCUT2D eigenvalue weighted by Crippen LogP contribution is -2.10. The summed E-state index contributed by atoms with van der Waals surface area (Å²) in [6, 6.07) is 62.9. The maximum atomic E-state index is 6.35. The molecule has 3 heterocycles. The van der Waals surface area contributed by atoms with E-state index < -0.39 is 0 Å². The zero-order valence-corrected chi connectivity index (χ0v) is 28.9. The third-order valence-corrected chi connectivity index (χ3v) is 10.3. The number of furan rings is 2. The number of hydrogen-bond donors (Lipinski definition) is 0. The Kier molecular flexibility index (Phi) is 6.79. The van der Waals surface area contributed by atoms with Crippen LogP contribution in [0.4, 0.5) is 17.1 Å². The summed E-state index contributed by atoms with van der Waals surface area (Å²) in [5.41, 5.74) is 13.4. The van der Waals surface area contributed by atoms with Gasteiger partial charge in [0.05, 0.1) is 5.39 Å². The van der Waals surface area contributed by atoms with Gasteiger partial charge in [0.1, 0.15) is 27.8 Å². The van der Waals surface area contributed by atoms with Crippen molar-refractivity contribution in [1.29, 1.82) is 0 Å². The molecule has 54 heavy (non-hydrogen) atoms. The summed E-state index contributed by atoms with van der Waals surface area (Å²) in [7, 11) is 0. The summed E-state index contributed by atoms with van der Waals surface area (Å²) in [5.74, 6) is 0.595. The standard InChI is InChI=1S/C49H30N2O3/c1-3-10-31(11-4-1)34-14-9-15-37(28-34)51(38-23-24-40-39-16-7-8-17-42(39)53-46(40)30-38)36-21-18-32(19-22-36)35-20-25-43-41(29-35)47-44(52-43)26-27-45-48(47)50-49(54-45)33-12-5-2-6-13-33/h1-30H. The molecule has 0 spiro atoms. The smallest absolute Gasteiger partial charge is 0.227 e. The minimum absolute atomic E-state index is 0.595. The van der Waals surface area contributed by atoms with E-state index in [1.165, 1.54) is 5.56 Å². The number of benzene rings is 8. The fraction of sp³-hybridized carbons (Fsp3) is 0. The summed E-state index contributed by atoms with van der Waals surface area (Å²) >= 11 is 0. The molecule has 0 unspecified atom stereocenters. The van der Waals surface area contributed by atoms with Crippen LogP contribution in [0, 0.1) is 0 Å². The van der Waals surface area contributed by atoms with Crippen molar-refractivity contribution in [2.75, 3.05) is 4.90 Å². The first-order chi connectivity index (χ1) is 26.7. The molecule has 0 saturated carbocycles. The Morgan fingerprint density at radius 2 is 0.926 bits per heavy atom. The minimum Gasteiger partial charge on any atom is -0.456 e. The van der Waals surface area contributed by atoms with E-state index >= 15 is 0 Å². The molecule has 0 radical (unpaired) electrons. The maximum Gasteiger partial charge on any atom is 0.227 e. The average Bonchev–Trinajstić information content (AvgIpc) is 3.95. The summed E-state index contributed by atoms with van der Waals surface area (Å²) in [6.07, 6.45) is 0. The van der Waals surface area contributed by atoms with Gasteiger partial charge in [0.15, 0.2) is 5.58 Å². The SMILES string of the molecule is c1ccc(-c2cccc(N(c3ccc(-c4ccc5oc6ccc7oc(-c8ccccc8)nc7c6c5c4)cc3)c3ccc4c(c3)oc3ccccc34)c2)cc1. The Labute approximate surface area is 309 Å². The molecule has 0 atom stereocenters. The predicted molar refractivity (Wildman–Crippen MR) is 220 cm³/mol. The molecular formula is C49H30N2O3. The van der Waals surface area contributed by atoms with Gasteiger partial charge in [0, 0.05) is 44.9 Å². The number of nitrogens with zero attached hydrogens (tertiary/aromatic N) is 2. The number of anilines is 3. The molecule has 0 bridgehead atoms. The van der Waals surface area contributed by atoms with Crippen molar-refractivity contribution in [1.82, 2.24) is 4.98 Å². The lowest BCUT2D eigenvalue weighted by atomic mass is 10.0. The lowest BCUT2D eigenvalue weighted by Gasteiger charge is -2.26. The molecule has 11 aromatic rings. The van der Waals surface area contributed by atoms with Gasteiger partial charge in [-0.2, -0.15) is 0 Å². The van der Waals surface area contributed by atoms with Crippen LogP contribution < -0.4 is 4.90 Å². The van der Waals surface area contributed by atoms with Gasteiger partial charge in [-0.1, -0.05) is 97.1 Å². The molecule has 254 valence electrons. The Balaban J connectivity index is 1.02. The molecule has 0 aliphatic heterocycles. The van der Waals surface area contributed by atoms with Crippen molar-refractivity contribution in [3.05, 3.63) is 182 Å². The molecule has 5 heteroatoms. The Bertz CT molecular complexity index is 3160. The topological polar surface area (TPSA) is 55.6 Å². The van der Waals surface area contributed by atoms with Gasteiger partial charge in [-0.05, 0) is 101 Å². The molecule has 0 saturated heterocycles.